The summed E-state index contributed by atoms with van der Waals surface area (Å²) in [6, 6.07) is 0. The Kier molecular flexibility index (Phi) is 2.51. The number of hydrogen-bond acceptors (Lipinski definition) is 6. The highest BCUT2D eigenvalue weighted by molar-refractivity contribution is 7.12. The minimum atomic E-state index is -0.501. The van der Waals surface area contributed by atoms with E-state index >= 15 is 0 Å². The zero-order chi connectivity index (χ0) is 10.8. The fourth-order valence-corrected chi connectivity index (χ4v) is 1.66. The normalized spacial score (nSPS) is 10.3. The van der Waals surface area contributed by atoms with E-state index in [1.165, 1.54) is 18.4 Å². The number of carbonyl (C=O) groups is 1. The topological polar surface area (TPSA) is 65.2 Å². The third kappa shape index (κ3) is 1.75. The van der Waals surface area contributed by atoms with E-state index in [0.717, 1.165) is 0 Å². The highest BCUT2D eigenvalue weighted by atomic mass is 32.1. The van der Waals surface area contributed by atoms with Gasteiger partial charge < -0.3 is 9.15 Å². The van der Waals surface area contributed by atoms with E-state index in [0.29, 0.717) is 16.7 Å². The summed E-state index contributed by atoms with van der Waals surface area (Å²) in [7, 11) is 1.31. The van der Waals surface area contributed by atoms with Crippen LogP contribution in [0.4, 0.5) is 0 Å². The molecule has 0 N–H and O–H groups in total. The van der Waals surface area contributed by atoms with Crippen LogP contribution in [0.15, 0.2) is 16.0 Å². The van der Waals surface area contributed by atoms with E-state index in [9.17, 15) is 4.79 Å². The number of esters is 1. The molecule has 0 spiro atoms. The Morgan fingerprint density at radius 2 is 2.40 bits per heavy atom. The average Bonchev–Trinajstić information content (AvgIpc) is 2.84. The minimum Gasteiger partial charge on any atom is -0.464 e. The molecule has 0 fully saturated rings. The molecule has 0 radical (unpaired) electrons. The smallest absolute Gasteiger partial charge is 0.360 e. The van der Waals surface area contributed by atoms with E-state index in [-0.39, 0.29) is 5.69 Å². The van der Waals surface area contributed by atoms with Gasteiger partial charge >= 0.3 is 5.97 Å². The first kappa shape index (κ1) is 9.85. The van der Waals surface area contributed by atoms with Gasteiger partial charge in [0.25, 0.3) is 5.89 Å². The van der Waals surface area contributed by atoms with Crippen LogP contribution in [0, 0.1) is 6.92 Å². The van der Waals surface area contributed by atoms with Crippen molar-refractivity contribution in [2.45, 2.75) is 6.92 Å². The van der Waals surface area contributed by atoms with Crippen molar-refractivity contribution >= 4 is 17.3 Å². The number of methoxy groups -OCH3 is 1. The molecule has 15 heavy (non-hydrogen) atoms. The Hall–Kier alpha value is -1.69. The van der Waals surface area contributed by atoms with E-state index in [4.69, 9.17) is 4.42 Å². The zero-order valence-corrected chi connectivity index (χ0v) is 9.00. The van der Waals surface area contributed by atoms with Crippen molar-refractivity contribution in [2.75, 3.05) is 7.11 Å². The van der Waals surface area contributed by atoms with Gasteiger partial charge in [-0.2, -0.15) is 4.98 Å². The molecule has 2 heterocycles. The number of hydrogen-bond donors (Lipinski definition) is 0. The molecular weight excluding hydrogens is 216 g/mol. The lowest BCUT2D eigenvalue weighted by atomic mass is 10.4. The van der Waals surface area contributed by atoms with E-state index in [1.54, 1.807) is 13.1 Å². The lowest BCUT2D eigenvalue weighted by Crippen LogP contribution is -2.03. The first-order chi connectivity index (χ1) is 7.22. The summed E-state index contributed by atoms with van der Waals surface area (Å²) in [5, 5.41) is 2.46. The third-order valence-electron chi connectivity index (χ3n) is 1.79. The van der Waals surface area contributed by atoms with Crippen LogP contribution in [0.25, 0.3) is 10.9 Å². The fraction of sp³-hybridized carbons (Fsp3) is 0.222. The van der Waals surface area contributed by atoms with Crippen LogP contribution >= 0.6 is 11.3 Å². The van der Waals surface area contributed by atoms with Gasteiger partial charge in [0.15, 0.2) is 10.7 Å². The molecule has 0 aliphatic heterocycles. The number of rotatable bonds is 2. The molecule has 78 valence electrons. The van der Waals surface area contributed by atoms with Gasteiger partial charge in [-0.1, -0.05) is 0 Å². The van der Waals surface area contributed by atoms with E-state index in [1.807, 2.05) is 5.38 Å². The van der Waals surface area contributed by atoms with Gasteiger partial charge in [-0.05, 0) is 6.92 Å². The van der Waals surface area contributed by atoms with Crippen molar-refractivity contribution in [1.82, 2.24) is 9.97 Å². The maximum Gasteiger partial charge on any atom is 0.360 e. The Bertz CT molecular complexity index is 476. The SMILES string of the molecule is COC(=O)c1nc(-c2nccs2)oc1C. The van der Waals surface area contributed by atoms with Crippen molar-refractivity contribution in [3.63, 3.8) is 0 Å². The maximum atomic E-state index is 11.3. The van der Waals surface area contributed by atoms with Crippen molar-refractivity contribution in [1.29, 1.82) is 0 Å². The molecule has 2 rings (SSSR count). The molecule has 0 aliphatic carbocycles. The first-order valence-electron chi connectivity index (χ1n) is 4.18. The predicted octanol–water partition coefficient (Wildman–Crippen LogP) is 1.89. The van der Waals surface area contributed by atoms with E-state index in [2.05, 4.69) is 14.7 Å². The van der Waals surface area contributed by atoms with Gasteiger partial charge in [-0.15, -0.1) is 11.3 Å². The summed E-state index contributed by atoms with van der Waals surface area (Å²) in [6.07, 6.45) is 1.65. The number of carbonyl (C=O) groups excluding carboxylic acids is 1. The molecule has 0 aliphatic rings. The maximum absolute atomic E-state index is 11.3. The number of nitrogens with zero attached hydrogens (tertiary/aromatic N) is 2. The number of thiazole rings is 1. The monoisotopic (exact) mass is 224 g/mol. The Labute approximate surface area is 89.7 Å². The molecule has 0 bridgehead atoms. The average molecular weight is 224 g/mol. The lowest BCUT2D eigenvalue weighted by molar-refractivity contribution is 0.0593. The number of aryl methyl sites for hydroxylation is 1. The van der Waals surface area contributed by atoms with Crippen LogP contribution in [0.3, 0.4) is 0 Å². The second-order valence-corrected chi connectivity index (χ2v) is 3.65. The Morgan fingerprint density at radius 1 is 1.60 bits per heavy atom. The van der Waals surface area contributed by atoms with Crippen LogP contribution < -0.4 is 0 Å². The molecule has 0 saturated heterocycles. The largest absolute Gasteiger partial charge is 0.464 e. The summed E-state index contributed by atoms with van der Waals surface area (Å²) in [4.78, 5) is 19.3. The van der Waals surface area contributed by atoms with Gasteiger partial charge in [0, 0.05) is 11.6 Å². The summed E-state index contributed by atoms with van der Waals surface area (Å²) in [5.41, 5.74) is 0.197. The third-order valence-corrected chi connectivity index (χ3v) is 2.55. The standard InChI is InChI=1S/C9H8N2O3S/c1-5-6(9(12)13-2)11-7(14-5)8-10-3-4-15-8/h3-4H,1-2H3. The van der Waals surface area contributed by atoms with Gasteiger partial charge in [0.1, 0.15) is 5.76 Å². The highest BCUT2D eigenvalue weighted by Crippen LogP contribution is 2.23. The summed E-state index contributed by atoms with van der Waals surface area (Å²) in [6.45, 7) is 1.66. The molecular formula is C9H8N2O3S. The van der Waals surface area contributed by atoms with Crippen LogP contribution in [-0.4, -0.2) is 23.0 Å². The molecule has 0 amide bonds. The molecule has 6 heteroatoms. The quantitative estimate of drug-likeness (QED) is 0.729. The second kappa shape index (κ2) is 3.82. The molecule has 2 aromatic heterocycles. The van der Waals surface area contributed by atoms with E-state index < -0.39 is 5.97 Å². The summed E-state index contributed by atoms with van der Waals surface area (Å²) in [5.74, 6) is 0.286. The predicted molar refractivity (Wildman–Crippen MR) is 53.7 cm³/mol. The lowest BCUT2D eigenvalue weighted by Gasteiger charge is -1.91. The van der Waals surface area contributed by atoms with Gasteiger partial charge in [-0.25, -0.2) is 9.78 Å². The van der Waals surface area contributed by atoms with Crippen LogP contribution in [-0.2, 0) is 4.74 Å². The summed E-state index contributed by atoms with van der Waals surface area (Å²) >= 11 is 1.40. The second-order valence-electron chi connectivity index (χ2n) is 2.75. The van der Waals surface area contributed by atoms with Crippen molar-refractivity contribution in [2.24, 2.45) is 0 Å². The van der Waals surface area contributed by atoms with Crippen LogP contribution in [0.5, 0.6) is 0 Å². The fourth-order valence-electron chi connectivity index (χ4n) is 1.10. The molecule has 0 aromatic carbocycles. The number of aromatic nitrogens is 2. The molecule has 0 saturated carbocycles. The molecule has 5 nitrogen and oxygen atoms in total. The Balaban J connectivity index is 2.41. The number of oxazole rings is 1. The van der Waals surface area contributed by atoms with Gasteiger partial charge in [0.2, 0.25) is 0 Å². The van der Waals surface area contributed by atoms with Crippen LogP contribution in [0.1, 0.15) is 16.2 Å². The van der Waals surface area contributed by atoms with Crippen molar-refractivity contribution in [3.8, 4) is 10.9 Å². The van der Waals surface area contributed by atoms with Crippen LogP contribution in [0.2, 0.25) is 0 Å². The number of ether oxygens (including phenoxy) is 1. The Morgan fingerprint density at radius 3 is 3.00 bits per heavy atom. The zero-order valence-electron chi connectivity index (χ0n) is 8.18. The highest BCUT2D eigenvalue weighted by Gasteiger charge is 2.19. The molecule has 0 unspecified atom stereocenters. The van der Waals surface area contributed by atoms with Crippen molar-refractivity contribution < 1.29 is 13.9 Å². The summed E-state index contributed by atoms with van der Waals surface area (Å²) < 4.78 is 9.89. The molecule has 2 aromatic rings. The van der Waals surface area contributed by atoms with Gasteiger partial charge in [0.05, 0.1) is 7.11 Å². The molecule has 0 atom stereocenters. The van der Waals surface area contributed by atoms with Gasteiger partial charge in [-0.3, -0.25) is 0 Å². The van der Waals surface area contributed by atoms with Crippen molar-refractivity contribution in [3.05, 3.63) is 23.0 Å². The first-order valence-corrected chi connectivity index (χ1v) is 5.06. The minimum absolute atomic E-state index is 0.197.